The SMILES string of the molecule is COc1cccc2sc(N(C)CC(=O)Nc3ccccc3C(F)(F)F)nc12. The summed E-state index contributed by atoms with van der Waals surface area (Å²) in [4.78, 5) is 18.3. The molecular weight excluding hydrogens is 379 g/mol. The number of benzene rings is 2. The third kappa shape index (κ3) is 4.13. The van der Waals surface area contributed by atoms with Crippen LogP contribution in [0.25, 0.3) is 10.2 Å². The van der Waals surface area contributed by atoms with Crippen molar-refractivity contribution < 1.29 is 22.7 Å². The van der Waals surface area contributed by atoms with E-state index in [1.54, 1.807) is 25.1 Å². The number of aromatic nitrogens is 1. The predicted molar refractivity (Wildman–Crippen MR) is 99.5 cm³/mol. The van der Waals surface area contributed by atoms with Gasteiger partial charge < -0.3 is 15.0 Å². The molecule has 0 bridgehead atoms. The Kier molecular flexibility index (Phi) is 5.22. The largest absolute Gasteiger partial charge is 0.494 e. The smallest absolute Gasteiger partial charge is 0.418 e. The molecule has 0 unspecified atom stereocenters. The Morgan fingerprint density at radius 2 is 1.96 bits per heavy atom. The number of methoxy groups -OCH3 is 1. The van der Waals surface area contributed by atoms with Crippen LogP contribution in [0.15, 0.2) is 42.5 Å². The van der Waals surface area contributed by atoms with E-state index in [-0.39, 0.29) is 12.2 Å². The number of rotatable bonds is 5. The molecule has 0 aliphatic heterocycles. The number of amides is 1. The molecule has 3 aromatic rings. The minimum atomic E-state index is -4.54. The molecule has 0 spiro atoms. The number of anilines is 2. The number of thiazole rings is 1. The Hall–Kier alpha value is -2.81. The number of halogens is 3. The Balaban J connectivity index is 1.75. The van der Waals surface area contributed by atoms with Crippen molar-refractivity contribution in [1.82, 2.24) is 4.98 Å². The second-order valence-electron chi connectivity index (χ2n) is 5.75. The average Bonchev–Trinajstić information content (AvgIpc) is 3.05. The van der Waals surface area contributed by atoms with Crippen LogP contribution >= 0.6 is 11.3 Å². The van der Waals surface area contributed by atoms with Gasteiger partial charge in [-0.15, -0.1) is 0 Å². The zero-order chi connectivity index (χ0) is 19.6. The summed E-state index contributed by atoms with van der Waals surface area (Å²) in [6.45, 7) is -0.145. The number of para-hydroxylation sites is 2. The van der Waals surface area contributed by atoms with Crippen molar-refractivity contribution in [1.29, 1.82) is 0 Å². The maximum atomic E-state index is 13.0. The van der Waals surface area contributed by atoms with E-state index in [9.17, 15) is 18.0 Å². The lowest BCUT2D eigenvalue weighted by Gasteiger charge is -2.17. The van der Waals surface area contributed by atoms with Gasteiger partial charge in [-0.05, 0) is 24.3 Å². The number of fused-ring (bicyclic) bond motifs is 1. The lowest BCUT2D eigenvalue weighted by Crippen LogP contribution is -2.30. The third-order valence-electron chi connectivity index (χ3n) is 3.80. The zero-order valence-corrected chi connectivity index (χ0v) is 15.3. The number of hydrogen-bond acceptors (Lipinski definition) is 5. The van der Waals surface area contributed by atoms with Crippen molar-refractivity contribution in [3.05, 3.63) is 48.0 Å². The molecule has 0 saturated carbocycles. The fourth-order valence-electron chi connectivity index (χ4n) is 2.55. The second kappa shape index (κ2) is 7.43. The Bertz CT molecular complexity index is 972. The maximum absolute atomic E-state index is 13.0. The number of hydrogen-bond donors (Lipinski definition) is 1. The Labute approximate surface area is 157 Å². The molecular formula is C18H16F3N3O2S. The highest BCUT2D eigenvalue weighted by Gasteiger charge is 2.33. The molecule has 1 N–H and O–H groups in total. The maximum Gasteiger partial charge on any atom is 0.418 e. The molecule has 2 aromatic carbocycles. The molecule has 1 aromatic heterocycles. The van der Waals surface area contributed by atoms with E-state index in [0.717, 1.165) is 10.8 Å². The minimum absolute atomic E-state index is 0.145. The van der Waals surface area contributed by atoms with Crippen molar-refractivity contribution >= 4 is 38.3 Å². The molecule has 0 atom stereocenters. The molecule has 9 heteroatoms. The molecule has 0 aliphatic rings. The van der Waals surface area contributed by atoms with Crippen LogP contribution in [0.4, 0.5) is 24.0 Å². The highest BCUT2D eigenvalue weighted by Crippen LogP contribution is 2.35. The average molecular weight is 395 g/mol. The van der Waals surface area contributed by atoms with E-state index in [4.69, 9.17) is 4.74 Å². The quantitative estimate of drug-likeness (QED) is 0.696. The summed E-state index contributed by atoms with van der Waals surface area (Å²) >= 11 is 1.37. The first kappa shape index (κ1) is 19.0. The topological polar surface area (TPSA) is 54.5 Å². The summed E-state index contributed by atoms with van der Waals surface area (Å²) in [5.74, 6) is 0.0485. The molecule has 3 rings (SSSR count). The van der Waals surface area contributed by atoms with Crippen LogP contribution in [0.2, 0.25) is 0 Å². The number of nitrogens with zero attached hydrogens (tertiary/aromatic N) is 2. The normalized spacial score (nSPS) is 11.4. The first-order chi connectivity index (χ1) is 12.8. The summed E-state index contributed by atoms with van der Waals surface area (Å²) in [7, 11) is 3.20. The number of carbonyl (C=O) groups is 1. The van der Waals surface area contributed by atoms with Gasteiger partial charge in [-0.25, -0.2) is 4.98 Å². The molecule has 1 heterocycles. The van der Waals surface area contributed by atoms with Crippen molar-refractivity contribution in [2.45, 2.75) is 6.18 Å². The van der Waals surface area contributed by atoms with Gasteiger partial charge in [0.2, 0.25) is 5.91 Å². The predicted octanol–water partition coefficient (Wildman–Crippen LogP) is 4.40. The van der Waals surface area contributed by atoms with Crippen LogP contribution in [-0.2, 0) is 11.0 Å². The summed E-state index contributed by atoms with van der Waals surface area (Å²) in [6.07, 6.45) is -4.54. The first-order valence-corrected chi connectivity index (χ1v) is 8.72. The van der Waals surface area contributed by atoms with Crippen LogP contribution in [-0.4, -0.2) is 31.6 Å². The summed E-state index contributed by atoms with van der Waals surface area (Å²) in [5.41, 5.74) is -0.477. The Morgan fingerprint density at radius 3 is 2.67 bits per heavy atom. The van der Waals surface area contributed by atoms with Crippen LogP contribution in [0.3, 0.4) is 0 Å². The third-order valence-corrected chi connectivity index (χ3v) is 4.94. The first-order valence-electron chi connectivity index (χ1n) is 7.90. The molecule has 1 amide bonds. The molecule has 0 saturated heterocycles. The van der Waals surface area contributed by atoms with Crippen molar-refractivity contribution in [2.75, 3.05) is 30.9 Å². The fraction of sp³-hybridized carbons (Fsp3) is 0.222. The van der Waals surface area contributed by atoms with E-state index < -0.39 is 17.6 Å². The zero-order valence-electron chi connectivity index (χ0n) is 14.5. The van der Waals surface area contributed by atoms with Gasteiger partial charge in [0, 0.05) is 7.05 Å². The van der Waals surface area contributed by atoms with E-state index in [1.807, 2.05) is 12.1 Å². The number of nitrogens with one attached hydrogen (secondary N) is 1. The monoisotopic (exact) mass is 395 g/mol. The molecule has 5 nitrogen and oxygen atoms in total. The van der Waals surface area contributed by atoms with Crippen molar-refractivity contribution in [3.63, 3.8) is 0 Å². The number of ether oxygens (including phenoxy) is 1. The van der Waals surface area contributed by atoms with Crippen molar-refractivity contribution in [3.8, 4) is 5.75 Å². The molecule has 27 heavy (non-hydrogen) atoms. The standard InChI is InChI=1S/C18H16F3N3O2S/c1-24(17-23-16-13(26-2)8-5-9-14(16)27-17)10-15(25)22-12-7-4-3-6-11(12)18(19,20)21/h3-9H,10H2,1-2H3,(H,22,25). The summed E-state index contributed by atoms with van der Waals surface area (Å²) in [6, 6.07) is 10.4. The van der Waals surface area contributed by atoms with Gasteiger partial charge in [-0.2, -0.15) is 13.2 Å². The van der Waals surface area contributed by atoms with Gasteiger partial charge in [-0.1, -0.05) is 29.5 Å². The van der Waals surface area contributed by atoms with Gasteiger partial charge in [0.05, 0.1) is 29.6 Å². The number of carbonyl (C=O) groups excluding carboxylic acids is 1. The molecule has 0 aliphatic carbocycles. The minimum Gasteiger partial charge on any atom is -0.494 e. The van der Waals surface area contributed by atoms with Gasteiger partial charge in [0.25, 0.3) is 0 Å². The fourth-order valence-corrected chi connectivity index (χ4v) is 3.50. The van der Waals surface area contributed by atoms with E-state index in [1.165, 1.54) is 29.5 Å². The number of likely N-dealkylation sites (N-methyl/N-ethyl adjacent to an activating group) is 1. The second-order valence-corrected chi connectivity index (χ2v) is 6.76. The van der Waals surface area contributed by atoms with Gasteiger partial charge in [0.15, 0.2) is 5.13 Å². The Morgan fingerprint density at radius 1 is 1.22 bits per heavy atom. The van der Waals surface area contributed by atoms with Crippen LogP contribution in [0.1, 0.15) is 5.56 Å². The lowest BCUT2D eigenvalue weighted by atomic mass is 10.1. The van der Waals surface area contributed by atoms with E-state index in [2.05, 4.69) is 10.3 Å². The van der Waals surface area contributed by atoms with Crippen LogP contribution in [0.5, 0.6) is 5.75 Å². The van der Waals surface area contributed by atoms with E-state index in [0.29, 0.717) is 16.4 Å². The molecule has 0 radical (unpaired) electrons. The van der Waals surface area contributed by atoms with E-state index >= 15 is 0 Å². The molecule has 142 valence electrons. The van der Waals surface area contributed by atoms with Gasteiger partial charge in [0.1, 0.15) is 11.3 Å². The highest BCUT2D eigenvalue weighted by molar-refractivity contribution is 7.22. The highest BCUT2D eigenvalue weighted by atomic mass is 32.1. The van der Waals surface area contributed by atoms with Crippen molar-refractivity contribution in [2.24, 2.45) is 0 Å². The number of alkyl halides is 3. The molecule has 0 fully saturated rings. The summed E-state index contributed by atoms with van der Waals surface area (Å²) in [5, 5.41) is 2.89. The summed E-state index contributed by atoms with van der Waals surface area (Å²) < 4.78 is 45.3. The van der Waals surface area contributed by atoms with Crippen LogP contribution in [0, 0.1) is 0 Å². The van der Waals surface area contributed by atoms with Gasteiger partial charge in [-0.3, -0.25) is 4.79 Å². The lowest BCUT2D eigenvalue weighted by molar-refractivity contribution is -0.137. The van der Waals surface area contributed by atoms with Gasteiger partial charge >= 0.3 is 6.18 Å². The van der Waals surface area contributed by atoms with Crippen LogP contribution < -0.4 is 15.0 Å².